The Balaban J connectivity index is 2.02. The number of hydrogen-bond donors (Lipinski definition) is 1. The Morgan fingerprint density at radius 3 is 2.88 bits per heavy atom. The predicted molar refractivity (Wildman–Crippen MR) is 70.3 cm³/mol. The zero-order valence-corrected chi connectivity index (χ0v) is 11.6. The number of methoxy groups -OCH3 is 1. The Morgan fingerprint density at radius 1 is 1.59 bits per heavy atom. The lowest BCUT2D eigenvalue weighted by atomic mass is 10.2. The van der Waals surface area contributed by atoms with Crippen molar-refractivity contribution in [3.05, 3.63) is 28.2 Å². The molecule has 1 N–H and O–H groups in total. The summed E-state index contributed by atoms with van der Waals surface area (Å²) in [6.07, 6.45) is 1.22. The highest BCUT2D eigenvalue weighted by atomic mass is 79.9. The van der Waals surface area contributed by atoms with Gasteiger partial charge in [0.1, 0.15) is 5.75 Å². The van der Waals surface area contributed by atoms with Crippen molar-refractivity contribution in [2.45, 2.75) is 13.3 Å². The van der Waals surface area contributed by atoms with Gasteiger partial charge in [0.15, 0.2) is 0 Å². The summed E-state index contributed by atoms with van der Waals surface area (Å²) in [7, 11) is 1.57. The average molecular weight is 298 g/mol. The summed E-state index contributed by atoms with van der Waals surface area (Å²) in [4.78, 5) is 12.0. The molecule has 3 nitrogen and oxygen atoms in total. The zero-order chi connectivity index (χ0) is 12.4. The van der Waals surface area contributed by atoms with Crippen LogP contribution in [0.2, 0.25) is 0 Å². The first kappa shape index (κ1) is 12.4. The summed E-state index contributed by atoms with van der Waals surface area (Å²) in [6.45, 7) is 2.97. The molecule has 0 saturated heterocycles. The Bertz CT molecular complexity index is 433. The highest BCUT2D eigenvalue weighted by molar-refractivity contribution is 9.10. The van der Waals surface area contributed by atoms with Gasteiger partial charge in [-0.3, -0.25) is 4.79 Å². The number of amides is 1. The molecule has 2 rings (SSSR count). The van der Waals surface area contributed by atoms with Crippen LogP contribution in [0.25, 0.3) is 0 Å². The lowest BCUT2D eigenvalue weighted by Gasteiger charge is -2.09. The van der Waals surface area contributed by atoms with Gasteiger partial charge in [-0.2, -0.15) is 0 Å². The van der Waals surface area contributed by atoms with Crippen LogP contribution in [-0.2, 0) is 0 Å². The second kappa shape index (κ2) is 5.08. The summed E-state index contributed by atoms with van der Waals surface area (Å²) < 4.78 is 6.10. The zero-order valence-electron chi connectivity index (χ0n) is 10.00. The highest BCUT2D eigenvalue weighted by Crippen LogP contribution is 2.36. The number of rotatable bonds is 4. The molecular weight excluding hydrogens is 282 g/mol. The molecule has 1 aromatic carbocycles. The van der Waals surface area contributed by atoms with Crippen LogP contribution >= 0.6 is 15.9 Å². The second-order valence-electron chi connectivity index (χ2n) is 4.53. The highest BCUT2D eigenvalue weighted by Gasteiger charge is 2.32. The van der Waals surface area contributed by atoms with Crippen LogP contribution in [-0.4, -0.2) is 19.6 Å². The first-order valence-electron chi connectivity index (χ1n) is 5.73. The van der Waals surface area contributed by atoms with Crippen LogP contribution in [0.1, 0.15) is 23.7 Å². The standard InChI is InChI=1S/C13H16BrNO2/c1-8-5-9(8)7-15-13(16)11-4-3-10(14)6-12(11)17-2/h3-4,6,8-9H,5,7H2,1-2H3,(H,15,16). The minimum absolute atomic E-state index is 0.0616. The summed E-state index contributed by atoms with van der Waals surface area (Å²) in [5.74, 6) is 1.94. The van der Waals surface area contributed by atoms with E-state index in [1.54, 1.807) is 19.2 Å². The number of carbonyl (C=O) groups is 1. The third kappa shape index (κ3) is 3.00. The van der Waals surface area contributed by atoms with E-state index in [1.807, 2.05) is 6.07 Å². The number of nitrogens with one attached hydrogen (secondary N) is 1. The maximum Gasteiger partial charge on any atom is 0.255 e. The van der Waals surface area contributed by atoms with Gasteiger partial charge in [-0.05, 0) is 36.5 Å². The average Bonchev–Trinajstić information content (AvgIpc) is 3.02. The largest absolute Gasteiger partial charge is 0.496 e. The summed E-state index contributed by atoms with van der Waals surface area (Å²) >= 11 is 3.35. The lowest BCUT2D eigenvalue weighted by Crippen LogP contribution is -2.26. The molecule has 1 aliphatic rings. The fourth-order valence-electron chi connectivity index (χ4n) is 1.86. The van der Waals surface area contributed by atoms with Gasteiger partial charge >= 0.3 is 0 Å². The van der Waals surface area contributed by atoms with Gasteiger partial charge < -0.3 is 10.1 Å². The van der Waals surface area contributed by atoms with Crippen molar-refractivity contribution >= 4 is 21.8 Å². The Hall–Kier alpha value is -1.03. The van der Waals surface area contributed by atoms with E-state index in [9.17, 15) is 4.79 Å². The molecule has 1 aromatic rings. The molecule has 2 atom stereocenters. The Kier molecular flexibility index (Phi) is 3.72. The van der Waals surface area contributed by atoms with E-state index in [-0.39, 0.29) is 5.91 Å². The molecule has 92 valence electrons. The van der Waals surface area contributed by atoms with Gasteiger partial charge in [0.05, 0.1) is 12.7 Å². The van der Waals surface area contributed by atoms with Crippen LogP contribution < -0.4 is 10.1 Å². The molecule has 1 aliphatic carbocycles. The Labute approximate surface area is 110 Å². The molecule has 0 bridgehead atoms. The van der Waals surface area contributed by atoms with E-state index in [4.69, 9.17) is 4.74 Å². The minimum atomic E-state index is -0.0616. The van der Waals surface area contributed by atoms with Crippen molar-refractivity contribution in [3.63, 3.8) is 0 Å². The summed E-state index contributed by atoms with van der Waals surface area (Å²) in [5, 5.41) is 2.95. The van der Waals surface area contributed by atoms with Gasteiger partial charge in [0.2, 0.25) is 0 Å². The van der Waals surface area contributed by atoms with Gasteiger partial charge in [-0.25, -0.2) is 0 Å². The number of benzene rings is 1. The molecular formula is C13H16BrNO2. The molecule has 17 heavy (non-hydrogen) atoms. The van der Waals surface area contributed by atoms with Crippen LogP contribution in [0, 0.1) is 11.8 Å². The fraction of sp³-hybridized carbons (Fsp3) is 0.462. The topological polar surface area (TPSA) is 38.3 Å². The first-order valence-corrected chi connectivity index (χ1v) is 6.53. The van der Waals surface area contributed by atoms with E-state index >= 15 is 0 Å². The number of ether oxygens (including phenoxy) is 1. The van der Waals surface area contributed by atoms with E-state index < -0.39 is 0 Å². The number of carbonyl (C=O) groups excluding carboxylic acids is 1. The molecule has 1 fully saturated rings. The van der Waals surface area contributed by atoms with Crippen molar-refractivity contribution in [1.29, 1.82) is 0 Å². The van der Waals surface area contributed by atoms with Gasteiger partial charge in [-0.15, -0.1) is 0 Å². The maximum absolute atomic E-state index is 12.0. The number of hydrogen-bond acceptors (Lipinski definition) is 2. The van der Waals surface area contributed by atoms with Crippen molar-refractivity contribution < 1.29 is 9.53 Å². The van der Waals surface area contributed by atoms with Crippen LogP contribution in [0.15, 0.2) is 22.7 Å². The molecule has 4 heteroatoms. The van der Waals surface area contributed by atoms with E-state index in [2.05, 4.69) is 28.2 Å². The third-order valence-electron chi connectivity index (χ3n) is 3.21. The maximum atomic E-state index is 12.0. The molecule has 1 saturated carbocycles. The first-order chi connectivity index (χ1) is 8.11. The quantitative estimate of drug-likeness (QED) is 0.928. The van der Waals surface area contributed by atoms with Gasteiger partial charge in [0.25, 0.3) is 5.91 Å². The monoisotopic (exact) mass is 297 g/mol. The minimum Gasteiger partial charge on any atom is -0.496 e. The van der Waals surface area contributed by atoms with E-state index in [0.29, 0.717) is 17.2 Å². The van der Waals surface area contributed by atoms with Crippen molar-refractivity contribution in [3.8, 4) is 5.75 Å². The fourth-order valence-corrected chi connectivity index (χ4v) is 2.20. The smallest absolute Gasteiger partial charge is 0.255 e. The molecule has 0 spiro atoms. The third-order valence-corrected chi connectivity index (χ3v) is 3.70. The predicted octanol–water partition coefficient (Wildman–Crippen LogP) is 2.84. The van der Waals surface area contributed by atoms with E-state index in [1.165, 1.54) is 6.42 Å². The van der Waals surface area contributed by atoms with Crippen LogP contribution in [0.5, 0.6) is 5.75 Å². The second-order valence-corrected chi connectivity index (χ2v) is 5.44. The van der Waals surface area contributed by atoms with E-state index in [0.717, 1.165) is 16.9 Å². The summed E-state index contributed by atoms with van der Waals surface area (Å²) in [6, 6.07) is 5.42. The van der Waals surface area contributed by atoms with Crippen molar-refractivity contribution in [1.82, 2.24) is 5.32 Å². The molecule has 0 aliphatic heterocycles. The van der Waals surface area contributed by atoms with Crippen molar-refractivity contribution in [2.75, 3.05) is 13.7 Å². The van der Waals surface area contributed by atoms with Crippen molar-refractivity contribution in [2.24, 2.45) is 11.8 Å². The lowest BCUT2D eigenvalue weighted by molar-refractivity contribution is 0.0948. The number of halogens is 1. The SMILES string of the molecule is COc1cc(Br)ccc1C(=O)NCC1CC1C. The normalized spacial score (nSPS) is 22.1. The van der Waals surface area contributed by atoms with Crippen LogP contribution in [0.3, 0.4) is 0 Å². The Morgan fingerprint density at radius 2 is 2.29 bits per heavy atom. The molecule has 2 unspecified atom stereocenters. The molecule has 0 heterocycles. The van der Waals surface area contributed by atoms with Gasteiger partial charge in [-0.1, -0.05) is 22.9 Å². The van der Waals surface area contributed by atoms with Crippen LogP contribution in [0.4, 0.5) is 0 Å². The molecule has 0 aromatic heterocycles. The molecule has 0 radical (unpaired) electrons. The summed E-state index contributed by atoms with van der Waals surface area (Å²) in [5.41, 5.74) is 0.587. The van der Waals surface area contributed by atoms with Gasteiger partial charge in [0, 0.05) is 11.0 Å². The molecule has 1 amide bonds.